The first-order valence-electron chi connectivity index (χ1n) is 5.00. The van der Waals surface area contributed by atoms with E-state index in [1.165, 1.54) is 11.3 Å². The van der Waals surface area contributed by atoms with E-state index in [1.54, 1.807) is 0 Å². The fraction of sp³-hybridized carbons (Fsp3) is 0.167. The molecule has 4 heteroatoms. The zero-order chi connectivity index (χ0) is 11.4. The summed E-state index contributed by atoms with van der Waals surface area (Å²) in [7, 11) is 0. The number of nitrogens with one attached hydrogen (secondary N) is 1. The molecule has 1 amide bonds. The van der Waals surface area contributed by atoms with Crippen LogP contribution in [0, 0.1) is 6.92 Å². The van der Waals surface area contributed by atoms with Gasteiger partial charge < -0.3 is 5.32 Å². The number of carbonyl (C=O) groups excluding carboxylic acids is 1. The minimum Gasteiger partial charge on any atom is -0.346 e. The maximum atomic E-state index is 11.6. The fourth-order valence-corrected chi connectivity index (χ4v) is 2.00. The molecular weight excluding hydrogens is 220 g/mol. The van der Waals surface area contributed by atoms with E-state index >= 15 is 0 Å². The van der Waals surface area contributed by atoms with Gasteiger partial charge in [-0.1, -0.05) is 12.1 Å². The molecule has 3 nitrogen and oxygen atoms in total. The fourth-order valence-electron chi connectivity index (χ4n) is 1.36. The molecule has 0 fully saturated rings. The molecule has 0 saturated heterocycles. The van der Waals surface area contributed by atoms with Crippen LogP contribution in [-0.2, 0) is 6.54 Å². The van der Waals surface area contributed by atoms with Gasteiger partial charge in [-0.3, -0.25) is 9.78 Å². The van der Waals surface area contributed by atoms with Crippen LogP contribution in [-0.4, -0.2) is 10.9 Å². The quantitative estimate of drug-likeness (QED) is 0.882. The van der Waals surface area contributed by atoms with Crippen LogP contribution in [0.15, 0.2) is 35.7 Å². The smallest absolute Gasteiger partial charge is 0.261 e. The van der Waals surface area contributed by atoms with Crippen LogP contribution < -0.4 is 5.32 Å². The first kappa shape index (κ1) is 10.8. The largest absolute Gasteiger partial charge is 0.346 e. The topological polar surface area (TPSA) is 42.0 Å². The third kappa shape index (κ3) is 2.67. The average Bonchev–Trinajstić information content (AvgIpc) is 2.79. The molecule has 0 atom stereocenters. The van der Waals surface area contributed by atoms with Crippen LogP contribution in [0.3, 0.4) is 0 Å². The van der Waals surface area contributed by atoms with E-state index in [0.29, 0.717) is 6.54 Å². The van der Waals surface area contributed by atoms with Crippen molar-refractivity contribution in [3.05, 3.63) is 52.0 Å². The van der Waals surface area contributed by atoms with Crippen LogP contribution in [0.1, 0.15) is 21.1 Å². The number of rotatable bonds is 3. The van der Waals surface area contributed by atoms with Crippen LogP contribution in [0.5, 0.6) is 0 Å². The first-order valence-corrected chi connectivity index (χ1v) is 5.88. The molecule has 2 aromatic rings. The number of hydrogen-bond acceptors (Lipinski definition) is 3. The van der Waals surface area contributed by atoms with E-state index < -0.39 is 0 Å². The number of carbonyl (C=O) groups is 1. The van der Waals surface area contributed by atoms with Gasteiger partial charge in [-0.25, -0.2) is 0 Å². The molecule has 0 unspecified atom stereocenters. The molecule has 0 radical (unpaired) electrons. The summed E-state index contributed by atoms with van der Waals surface area (Å²) in [5.74, 6) is -0.0432. The molecule has 2 rings (SSSR count). The highest BCUT2D eigenvalue weighted by Gasteiger charge is 2.05. The van der Waals surface area contributed by atoms with Gasteiger partial charge >= 0.3 is 0 Å². The van der Waals surface area contributed by atoms with Gasteiger partial charge in [-0.15, -0.1) is 11.3 Å². The maximum Gasteiger partial charge on any atom is 0.261 e. The first-order chi connectivity index (χ1) is 7.75. The van der Waals surface area contributed by atoms with Gasteiger partial charge in [0, 0.05) is 5.69 Å². The molecular formula is C12H12N2OS. The van der Waals surface area contributed by atoms with Crippen molar-refractivity contribution in [3.63, 3.8) is 0 Å². The summed E-state index contributed by atoms with van der Waals surface area (Å²) in [6, 6.07) is 9.45. The number of hydrogen-bond donors (Lipinski definition) is 1. The molecule has 16 heavy (non-hydrogen) atoms. The third-order valence-corrected chi connectivity index (χ3v) is 2.99. The molecule has 82 valence electrons. The Morgan fingerprint density at radius 3 is 2.94 bits per heavy atom. The number of nitrogens with zero attached hydrogens (tertiary/aromatic N) is 1. The summed E-state index contributed by atoms with van der Waals surface area (Å²) in [4.78, 5) is 16.7. The average molecular weight is 232 g/mol. The van der Waals surface area contributed by atoms with Gasteiger partial charge in [0.15, 0.2) is 0 Å². The molecule has 2 heterocycles. The summed E-state index contributed by atoms with van der Waals surface area (Å²) >= 11 is 1.44. The Bertz CT molecular complexity index is 480. The van der Waals surface area contributed by atoms with Gasteiger partial charge in [-0.2, -0.15) is 0 Å². The lowest BCUT2D eigenvalue weighted by molar-refractivity contribution is 0.0954. The number of thiophene rings is 1. The van der Waals surface area contributed by atoms with E-state index in [0.717, 1.165) is 16.3 Å². The Morgan fingerprint density at radius 1 is 1.38 bits per heavy atom. The van der Waals surface area contributed by atoms with E-state index in [2.05, 4.69) is 10.3 Å². The zero-order valence-corrected chi connectivity index (χ0v) is 9.75. The predicted octanol–water partition coefficient (Wildman–Crippen LogP) is 2.38. The molecule has 0 saturated carbocycles. The van der Waals surface area contributed by atoms with E-state index in [4.69, 9.17) is 0 Å². The standard InChI is InChI=1S/C12H12N2OS/c1-9-4-2-5-10(14-9)8-13-12(15)11-6-3-7-16-11/h2-7H,8H2,1H3,(H,13,15). The second-order valence-corrected chi connectivity index (χ2v) is 4.38. The zero-order valence-electron chi connectivity index (χ0n) is 8.93. The van der Waals surface area contributed by atoms with E-state index in [1.807, 2.05) is 42.6 Å². The summed E-state index contributed by atoms with van der Waals surface area (Å²) in [6.45, 7) is 2.41. The lowest BCUT2D eigenvalue weighted by Crippen LogP contribution is -2.22. The normalized spacial score (nSPS) is 10.1. The highest BCUT2D eigenvalue weighted by Crippen LogP contribution is 2.08. The van der Waals surface area contributed by atoms with Crippen molar-refractivity contribution in [2.45, 2.75) is 13.5 Å². The highest BCUT2D eigenvalue weighted by atomic mass is 32.1. The van der Waals surface area contributed by atoms with Crippen LogP contribution in [0.2, 0.25) is 0 Å². The summed E-state index contributed by atoms with van der Waals surface area (Å²) < 4.78 is 0. The van der Waals surface area contributed by atoms with Crippen LogP contribution in [0.4, 0.5) is 0 Å². The van der Waals surface area contributed by atoms with Crippen molar-refractivity contribution in [1.29, 1.82) is 0 Å². The Kier molecular flexibility index (Phi) is 3.31. The Balaban J connectivity index is 1.95. The minimum absolute atomic E-state index is 0.0432. The van der Waals surface area contributed by atoms with Crippen molar-refractivity contribution in [1.82, 2.24) is 10.3 Å². The molecule has 0 aromatic carbocycles. The van der Waals surface area contributed by atoms with Crippen LogP contribution in [0.25, 0.3) is 0 Å². The Hall–Kier alpha value is -1.68. The number of pyridine rings is 1. The van der Waals surface area contributed by atoms with Crippen LogP contribution >= 0.6 is 11.3 Å². The number of aryl methyl sites for hydroxylation is 1. The van der Waals surface area contributed by atoms with Gasteiger partial charge in [-0.05, 0) is 30.5 Å². The summed E-state index contributed by atoms with van der Waals surface area (Å²) in [5.41, 5.74) is 1.84. The van der Waals surface area contributed by atoms with Crippen molar-refractivity contribution in [3.8, 4) is 0 Å². The third-order valence-electron chi connectivity index (χ3n) is 2.12. The monoisotopic (exact) mass is 232 g/mol. The number of aromatic nitrogens is 1. The second-order valence-electron chi connectivity index (χ2n) is 3.43. The summed E-state index contributed by atoms with van der Waals surface area (Å²) in [5, 5.41) is 4.73. The van der Waals surface area contributed by atoms with Crippen molar-refractivity contribution < 1.29 is 4.79 Å². The summed E-state index contributed by atoms with van der Waals surface area (Å²) in [6.07, 6.45) is 0. The minimum atomic E-state index is -0.0432. The molecule has 2 aromatic heterocycles. The predicted molar refractivity (Wildman–Crippen MR) is 64.5 cm³/mol. The number of amides is 1. The molecule has 0 spiro atoms. The Labute approximate surface area is 98.2 Å². The molecule has 0 aliphatic heterocycles. The van der Waals surface area contributed by atoms with Crippen molar-refractivity contribution >= 4 is 17.2 Å². The molecule has 0 aliphatic carbocycles. The van der Waals surface area contributed by atoms with E-state index in [9.17, 15) is 4.79 Å². The second kappa shape index (κ2) is 4.90. The van der Waals surface area contributed by atoms with Gasteiger partial charge in [0.25, 0.3) is 5.91 Å². The van der Waals surface area contributed by atoms with E-state index in [-0.39, 0.29) is 5.91 Å². The maximum absolute atomic E-state index is 11.6. The lowest BCUT2D eigenvalue weighted by Gasteiger charge is -2.03. The molecule has 1 N–H and O–H groups in total. The Morgan fingerprint density at radius 2 is 2.25 bits per heavy atom. The SMILES string of the molecule is Cc1cccc(CNC(=O)c2cccs2)n1. The highest BCUT2D eigenvalue weighted by molar-refractivity contribution is 7.12. The van der Waals surface area contributed by atoms with Crippen molar-refractivity contribution in [2.75, 3.05) is 0 Å². The van der Waals surface area contributed by atoms with Gasteiger partial charge in [0.05, 0.1) is 17.1 Å². The molecule has 0 aliphatic rings. The van der Waals surface area contributed by atoms with Crippen molar-refractivity contribution in [2.24, 2.45) is 0 Å². The van der Waals surface area contributed by atoms with Gasteiger partial charge in [0.2, 0.25) is 0 Å². The molecule has 0 bridgehead atoms. The van der Waals surface area contributed by atoms with Gasteiger partial charge in [0.1, 0.15) is 0 Å². The lowest BCUT2D eigenvalue weighted by atomic mass is 10.3.